The molecule has 3 aromatic rings. The van der Waals surface area contributed by atoms with E-state index in [4.69, 9.17) is 11.6 Å². The molecule has 1 aliphatic carbocycles. The van der Waals surface area contributed by atoms with E-state index in [1.165, 1.54) is 44.1 Å². The van der Waals surface area contributed by atoms with Gasteiger partial charge in [-0.1, -0.05) is 61.9 Å². The van der Waals surface area contributed by atoms with Crippen molar-refractivity contribution in [1.82, 2.24) is 15.3 Å². The highest BCUT2D eigenvalue weighted by Gasteiger charge is 2.13. The number of hydrogen-bond donors (Lipinski definition) is 2. The van der Waals surface area contributed by atoms with E-state index in [2.05, 4.69) is 52.5 Å². The first-order chi connectivity index (χ1) is 13.2. The highest BCUT2D eigenvalue weighted by atomic mass is 35.5. The van der Waals surface area contributed by atoms with E-state index in [1.54, 1.807) is 6.33 Å². The summed E-state index contributed by atoms with van der Waals surface area (Å²) in [6.07, 6.45) is 10.2. The third-order valence-corrected chi connectivity index (χ3v) is 6.26. The molecule has 0 amide bonds. The lowest BCUT2D eigenvalue weighted by Gasteiger charge is -2.21. The van der Waals surface area contributed by atoms with Crippen molar-refractivity contribution in [3.63, 3.8) is 0 Å². The quantitative estimate of drug-likeness (QED) is 0.439. The number of rotatable bonds is 6. The Morgan fingerprint density at radius 3 is 2.68 bits per heavy atom. The van der Waals surface area contributed by atoms with Crippen LogP contribution in [-0.2, 0) is 6.54 Å². The van der Waals surface area contributed by atoms with Gasteiger partial charge in [-0.25, -0.2) is 4.98 Å². The van der Waals surface area contributed by atoms with Gasteiger partial charge in [-0.15, -0.1) is 12.4 Å². The number of H-pyrrole nitrogens is 1. The van der Waals surface area contributed by atoms with Gasteiger partial charge in [-0.3, -0.25) is 0 Å². The molecule has 0 aliphatic heterocycles. The lowest BCUT2D eigenvalue weighted by molar-refractivity contribution is 0.334. The Balaban J connectivity index is 0.00000225. The normalized spacial score (nSPS) is 14.9. The Bertz CT molecular complexity index is 913. The number of fused-ring (bicyclic) bond motifs is 1. The molecule has 0 spiro atoms. The number of benzene rings is 2. The summed E-state index contributed by atoms with van der Waals surface area (Å²) >= 11 is 6.64. The van der Waals surface area contributed by atoms with E-state index in [1.807, 2.05) is 0 Å². The lowest BCUT2D eigenvalue weighted by Crippen LogP contribution is -2.19. The third kappa shape index (κ3) is 4.71. The maximum Gasteiger partial charge on any atom is 0.0931 e. The predicted molar refractivity (Wildman–Crippen MR) is 121 cm³/mol. The van der Waals surface area contributed by atoms with Crippen molar-refractivity contribution in [1.29, 1.82) is 0 Å². The van der Waals surface area contributed by atoms with E-state index < -0.39 is 0 Å². The average Bonchev–Trinajstić information content (AvgIpc) is 3.17. The first-order valence-corrected chi connectivity index (χ1v) is 10.5. The van der Waals surface area contributed by atoms with E-state index in [0.717, 1.165) is 51.8 Å². The Morgan fingerprint density at radius 2 is 1.89 bits per heavy atom. The average molecular weight is 418 g/mol. The Labute approximate surface area is 178 Å². The molecule has 0 bridgehead atoms. The standard InChI is InChI=1S/C23H28ClN3.ClH/c1-16-19(9-10-22-23(16)27-15-26-22)20-8-7-18(13-21(20)24)14-25-12-11-17-5-3-2-4-6-17;/h7-10,13,15,17,25H,2-6,11-12,14H2,1H3,(H,26,27);1H. The zero-order valence-electron chi connectivity index (χ0n) is 16.4. The Hall–Kier alpha value is -1.55. The number of nitrogens with zero attached hydrogens (tertiary/aromatic N) is 1. The fourth-order valence-electron chi connectivity index (χ4n) is 4.34. The molecule has 1 fully saturated rings. The molecule has 0 radical (unpaired) electrons. The second-order valence-corrected chi connectivity index (χ2v) is 8.23. The topological polar surface area (TPSA) is 40.7 Å². The predicted octanol–water partition coefficient (Wildman–Crippen LogP) is 6.67. The smallest absolute Gasteiger partial charge is 0.0931 e. The summed E-state index contributed by atoms with van der Waals surface area (Å²) < 4.78 is 0. The van der Waals surface area contributed by atoms with Crippen LogP contribution in [0.2, 0.25) is 5.02 Å². The molecule has 5 heteroatoms. The second-order valence-electron chi connectivity index (χ2n) is 7.82. The minimum atomic E-state index is 0. The van der Waals surface area contributed by atoms with Gasteiger partial charge in [0.25, 0.3) is 0 Å². The fourth-order valence-corrected chi connectivity index (χ4v) is 4.65. The number of imidazole rings is 1. The van der Waals surface area contributed by atoms with Crippen molar-refractivity contribution in [2.75, 3.05) is 6.54 Å². The summed E-state index contributed by atoms with van der Waals surface area (Å²) in [6, 6.07) is 10.6. The minimum absolute atomic E-state index is 0. The fraction of sp³-hybridized carbons (Fsp3) is 0.435. The first kappa shape index (κ1) is 21.2. The molecule has 1 aliphatic rings. The van der Waals surface area contributed by atoms with Crippen molar-refractivity contribution < 1.29 is 0 Å². The largest absolute Gasteiger partial charge is 0.345 e. The molecule has 1 heterocycles. The number of aromatic amines is 1. The molecule has 4 rings (SSSR count). The van der Waals surface area contributed by atoms with Crippen molar-refractivity contribution in [3.8, 4) is 11.1 Å². The highest BCUT2D eigenvalue weighted by Crippen LogP contribution is 2.33. The molecule has 2 N–H and O–H groups in total. The molecule has 0 saturated heterocycles. The van der Waals surface area contributed by atoms with Crippen LogP contribution in [0.5, 0.6) is 0 Å². The van der Waals surface area contributed by atoms with Crippen molar-refractivity contribution >= 4 is 35.0 Å². The van der Waals surface area contributed by atoms with Gasteiger partial charge in [0, 0.05) is 17.1 Å². The van der Waals surface area contributed by atoms with Gasteiger partial charge in [0.15, 0.2) is 0 Å². The van der Waals surface area contributed by atoms with Crippen LogP contribution in [0, 0.1) is 12.8 Å². The number of nitrogens with one attached hydrogen (secondary N) is 2. The molecule has 2 aromatic carbocycles. The highest BCUT2D eigenvalue weighted by molar-refractivity contribution is 6.33. The number of aryl methyl sites for hydroxylation is 1. The molecule has 0 atom stereocenters. The SMILES string of the molecule is Cc1c(-c2ccc(CNCCC3CCCCC3)cc2Cl)ccc2[nH]cnc12.Cl. The maximum atomic E-state index is 6.64. The molecule has 3 nitrogen and oxygen atoms in total. The molecule has 0 unspecified atom stereocenters. The van der Waals surface area contributed by atoms with Crippen LogP contribution in [0.4, 0.5) is 0 Å². The van der Waals surface area contributed by atoms with Gasteiger partial charge in [0.1, 0.15) is 0 Å². The van der Waals surface area contributed by atoms with Crippen LogP contribution in [-0.4, -0.2) is 16.5 Å². The Morgan fingerprint density at radius 1 is 1.11 bits per heavy atom. The third-order valence-electron chi connectivity index (χ3n) is 5.95. The zero-order valence-corrected chi connectivity index (χ0v) is 18.0. The van der Waals surface area contributed by atoms with E-state index >= 15 is 0 Å². The Kier molecular flexibility index (Phi) is 7.39. The molecule has 28 heavy (non-hydrogen) atoms. The summed E-state index contributed by atoms with van der Waals surface area (Å²) in [4.78, 5) is 7.59. The van der Waals surface area contributed by atoms with Crippen LogP contribution in [0.15, 0.2) is 36.7 Å². The van der Waals surface area contributed by atoms with Crippen LogP contribution < -0.4 is 5.32 Å². The molecule has 1 saturated carbocycles. The summed E-state index contributed by atoms with van der Waals surface area (Å²) in [7, 11) is 0. The van der Waals surface area contributed by atoms with Crippen molar-refractivity contribution in [2.24, 2.45) is 5.92 Å². The monoisotopic (exact) mass is 417 g/mol. The van der Waals surface area contributed by atoms with Gasteiger partial charge in [-0.2, -0.15) is 0 Å². The number of aromatic nitrogens is 2. The van der Waals surface area contributed by atoms with Crippen LogP contribution in [0.3, 0.4) is 0 Å². The van der Waals surface area contributed by atoms with Crippen LogP contribution in [0.1, 0.15) is 49.7 Å². The second kappa shape index (κ2) is 9.78. The van der Waals surface area contributed by atoms with Crippen LogP contribution >= 0.6 is 24.0 Å². The summed E-state index contributed by atoms with van der Waals surface area (Å²) in [5, 5.41) is 4.40. The molecular weight excluding hydrogens is 389 g/mol. The zero-order chi connectivity index (χ0) is 18.6. The van der Waals surface area contributed by atoms with Gasteiger partial charge in [0.05, 0.1) is 17.4 Å². The van der Waals surface area contributed by atoms with E-state index in [9.17, 15) is 0 Å². The maximum absolute atomic E-state index is 6.64. The van der Waals surface area contributed by atoms with Gasteiger partial charge in [-0.05, 0) is 54.6 Å². The van der Waals surface area contributed by atoms with Crippen molar-refractivity contribution in [3.05, 3.63) is 52.8 Å². The summed E-state index contributed by atoms with van der Waals surface area (Å²) in [5.74, 6) is 0.928. The van der Waals surface area contributed by atoms with Gasteiger partial charge in [0.2, 0.25) is 0 Å². The molecule has 150 valence electrons. The van der Waals surface area contributed by atoms with Crippen molar-refractivity contribution in [2.45, 2.75) is 52.0 Å². The lowest BCUT2D eigenvalue weighted by atomic mass is 9.87. The molecular formula is C23H29Cl2N3. The van der Waals surface area contributed by atoms with Gasteiger partial charge < -0.3 is 10.3 Å². The summed E-state index contributed by atoms with van der Waals surface area (Å²) in [5.41, 5.74) is 6.70. The van der Waals surface area contributed by atoms with E-state index in [0.29, 0.717) is 0 Å². The minimum Gasteiger partial charge on any atom is -0.345 e. The van der Waals surface area contributed by atoms with E-state index in [-0.39, 0.29) is 12.4 Å². The number of halogens is 2. The van der Waals surface area contributed by atoms with Gasteiger partial charge >= 0.3 is 0 Å². The first-order valence-electron chi connectivity index (χ1n) is 10.1. The molecule has 1 aromatic heterocycles. The number of hydrogen-bond acceptors (Lipinski definition) is 2. The summed E-state index contributed by atoms with van der Waals surface area (Å²) in [6.45, 7) is 4.08. The van der Waals surface area contributed by atoms with Crippen LogP contribution in [0.25, 0.3) is 22.2 Å².